The van der Waals surface area contributed by atoms with Crippen LogP contribution in [0.3, 0.4) is 0 Å². The Hall–Kier alpha value is -3.48. The predicted octanol–water partition coefficient (Wildman–Crippen LogP) is 5.19. The Balaban J connectivity index is 2.10. The van der Waals surface area contributed by atoms with Crippen LogP contribution >= 0.6 is 0 Å². The van der Waals surface area contributed by atoms with Gasteiger partial charge < -0.3 is 24.6 Å². The number of benzene rings is 2. The van der Waals surface area contributed by atoms with Crippen molar-refractivity contribution in [3.05, 3.63) is 59.2 Å². The van der Waals surface area contributed by atoms with Crippen LogP contribution in [0.15, 0.2) is 48.0 Å². The molecule has 0 bridgehead atoms. The largest absolute Gasteiger partial charge is 0.507 e. The molecule has 34 heavy (non-hydrogen) atoms. The van der Waals surface area contributed by atoms with Crippen molar-refractivity contribution in [2.75, 3.05) is 13.2 Å². The van der Waals surface area contributed by atoms with Crippen molar-refractivity contribution in [2.45, 2.75) is 59.1 Å². The Morgan fingerprint density at radius 2 is 1.76 bits per heavy atom. The summed E-state index contributed by atoms with van der Waals surface area (Å²) in [6, 6.07) is 10.7. The number of unbranched alkanes of at least 4 members (excludes halogenated alkanes) is 2. The third-order valence-electron chi connectivity index (χ3n) is 5.64. The van der Waals surface area contributed by atoms with Crippen molar-refractivity contribution in [3.8, 4) is 17.2 Å². The van der Waals surface area contributed by atoms with E-state index in [1.165, 1.54) is 11.0 Å². The second-order valence-corrected chi connectivity index (χ2v) is 8.55. The Bertz CT molecular complexity index is 1060. The molecule has 0 radical (unpaired) electrons. The predicted molar refractivity (Wildman–Crippen MR) is 130 cm³/mol. The Morgan fingerprint density at radius 1 is 1.06 bits per heavy atom. The number of carbonyl (C=O) groups excluding carboxylic acids is 2. The number of amides is 1. The van der Waals surface area contributed by atoms with Crippen molar-refractivity contribution >= 4 is 17.4 Å². The molecule has 1 unspecified atom stereocenters. The highest BCUT2D eigenvalue weighted by atomic mass is 16.5. The third-order valence-corrected chi connectivity index (χ3v) is 5.64. The molecule has 0 aromatic heterocycles. The number of hydrogen-bond acceptors (Lipinski definition) is 6. The molecular weight excluding hydrogens is 434 g/mol. The number of aliphatic hydroxyl groups excluding tert-OH is 1. The summed E-state index contributed by atoms with van der Waals surface area (Å²) in [7, 11) is 0. The first-order valence-corrected chi connectivity index (χ1v) is 11.8. The maximum Gasteiger partial charge on any atom is 0.295 e. The van der Waals surface area contributed by atoms with Crippen LogP contribution in [0.5, 0.6) is 17.2 Å². The first kappa shape index (κ1) is 25.1. The van der Waals surface area contributed by atoms with Crippen LogP contribution in [-0.4, -0.2) is 46.1 Å². The number of phenolic OH excluding ortho intramolecular Hbond substituents is 1. The molecule has 2 aromatic carbocycles. The van der Waals surface area contributed by atoms with E-state index in [1.807, 2.05) is 13.8 Å². The first-order valence-electron chi connectivity index (χ1n) is 11.8. The summed E-state index contributed by atoms with van der Waals surface area (Å²) in [5.41, 5.74) is 1.02. The molecule has 1 aliphatic rings. The van der Waals surface area contributed by atoms with E-state index in [2.05, 4.69) is 6.92 Å². The Labute approximate surface area is 200 Å². The van der Waals surface area contributed by atoms with E-state index in [4.69, 9.17) is 9.47 Å². The van der Waals surface area contributed by atoms with E-state index in [9.17, 15) is 19.8 Å². The molecule has 0 aliphatic carbocycles. The number of carbonyl (C=O) groups is 2. The van der Waals surface area contributed by atoms with Gasteiger partial charge in [0.2, 0.25) is 0 Å². The van der Waals surface area contributed by atoms with Gasteiger partial charge in [-0.2, -0.15) is 0 Å². The average Bonchev–Trinajstić information content (AvgIpc) is 3.05. The minimum atomic E-state index is -0.789. The molecule has 7 heteroatoms. The highest BCUT2D eigenvalue weighted by molar-refractivity contribution is 6.46. The standard InChI is InChI=1S/C27H33NO6/c1-5-7-8-15-28-24(19-11-14-21(29)22(16-19)33-6-2)23(26(31)27(28)32)25(30)18-9-12-20(13-10-18)34-17(3)4/h9-14,16-17,24,29-30H,5-8,15H2,1-4H3/b25-23-. The molecule has 1 saturated heterocycles. The van der Waals surface area contributed by atoms with E-state index in [-0.39, 0.29) is 28.9 Å². The first-order chi connectivity index (χ1) is 16.3. The topological polar surface area (TPSA) is 96.3 Å². The summed E-state index contributed by atoms with van der Waals surface area (Å²) in [5.74, 6) is -0.754. The number of aromatic hydroxyl groups is 1. The quantitative estimate of drug-likeness (QED) is 0.216. The van der Waals surface area contributed by atoms with Crippen molar-refractivity contribution in [2.24, 2.45) is 0 Å². The second-order valence-electron chi connectivity index (χ2n) is 8.55. The molecule has 1 aliphatic heterocycles. The molecule has 1 heterocycles. The lowest BCUT2D eigenvalue weighted by molar-refractivity contribution is -0.139. The molecule has 0 saturated carbocycles. The molecule has 1 fully saturated rings. The van der Waals surface area contributed by atoms with E-state index >= 15 is 0 Å². The van der Waals surface area contributed by atoms with Gasteiger partial charge in [0.25, 0.3) is 11.7 Å². The van der Waals surface area contributed by atoms with Crippen molar-refractivity contribution in [1.29, 1.82) is 0 Å². The van der Waals surface area contributed by atoms with Crippen molar-refractivity contribution in [3.63, 3.8) is 0 Å². The van der Waals surface area contributed by atoms with Gasteiger partial charge in [0.1, 0.15) is 11.5 Å². The molecule has 1 atom stereocenters. The minimum absolute atomic E-state index is 0.00178. The number of Topliss-reactive ketones (excluding diaryl/α,β-unsaturated/α-hetero) is 1. The number of nitrogens with zero attached hydrogens (tertiary/aromatic N) is 1. The van der Waals surface area contributed by atoms with Gasteiger partial charge in [0.05, 0.1) is 24.3 Å². The van der Waals surface area contributed by atoms with Gasteiger partial charge in [-0.3, -0.25) is 9.59 Å². The molecule has 182 valence electrons. The molecule has 2 aromatic rings. The fraction of sp³-hybridized carbons (Fsp3) is 0.407. The van der Waals surface area contributed by atoms with E-state index in [0.29, 0.717) is 30.0 Å². The van der Waals surface area contributed by atoms with Crippen LogP contribution in [-0.2, 0) is 9.59 Å². The van der Waals surface area contributed by atoms with Crippen molar-refractivity contribution in [1.82, 2.24) is 4.90 Å². The normalized spacial score (nSPS) is 17.4. The van der Waals surface area contributed by atoms with E-state index in [0.717, 1.165) is 19.3 Å². The smallest absolute Gasteiger partial charge is 0.295 e. The average molecular weight is 468 g/mol. The van der Waals surface area contributed by atoms with Gasteiger partial charge in [0.15, 0.2) is 11.5 Å². The van der Waals surface area contributed by atoms with Gasteiger partial charge in [-0.1, -0.05) is 25.8 Å². The van der Waals surface area contributed by atoms with Gasteiger partial charge in [0, 0.05) is 12.1 Å². The number of ether oxygens (including phenoxy) is 2. The lowest BCUT2D eigenvalue weighted by Crippen LogP contribution is -2.30. The van der Waals surface area contributed by atoms with Crippen LogP contribution in [0, 0.1) is 0 Å². The number of ketones is 1. The number of likely N-dealkylation sites (tertiary alicyclic amines) is 1. The molecule has 3 rings (SSSR count). The summed E-state index contributed by atoms with van der Waals surface area (Å²) in [6.45, 7) is 8.43. The lowest BCUT2D eigenvalue weighted by Gasteiger charge is -2.26. The SMILES string of the molecule is CCCCCN1C(=O)C(=O)/C(=C(\O)c2ccc(OC(C)C)cc2)C1c1ccc(O)c(OCC)c1. The maximum absolute atomic E-state index is 13.1. The van der Waals surface area contributed by atoms with Crippen LogP contribution in [0.25, 0.3) is 5.76 Å². The highest BCUT2D eigenvalue weighted by Gasteiger charge is 2.46. The zero-order valence-corrected chi connectivity index (χ0v) is 20.2. The number of aliphatic hydroxyl groups is 1. The fourth-order valence-electron chi connectivity index (χ4n) is 4.08. The van der Waals surface area contributed by atoms with Gasteiger partial charge in [-0.15, -0.1) is 0 Å². The van der Waals surface area contributed by atoms with Gasteiger partial charge in [-0.05, 0) is 69.2 Å². The molecule has 0 spiro atoms. The van der Waals surface area contributed by atoms with Crippen LogP contribution in [0.4, 0.5) is 0 Å². The monoisotopic (exact) mass is 467 g/mol. The van der Waals surface area contributed by atoms with Gasteiger partial charge >= 0.3 is 0 Å². The van der Waals surface area contributed by atoms with Crippen molar-refractivity contribution < 1.29 is 29.3 Å². The van der Waals surface area contributed by atoms with E-state index in [1.54, 1.807) is 43.3 Å². The molecule has 1 amide bonds. The number of rotatable bonds is 10. The number of phenols is 1. The summed E-state index contributed by atoms with van der Waals surface area (Å²) in [6.07, 6.45) is 2.61. The molecule has 7 nitrogen and oxygen atoms in total. The third kappa shape index (κ3) is 5.35. The summed E-state index contributed by atoms with van der Waals surface area (Å²) < 4.78 is 11.2. The summed E-state index contributed by atoms with van der Waals surface area (Å²) >= 11 is 0. The van der Waals surface area contributed by atoms with Crippen LogP contribution in [0.2, 0.25) is 0 Å². The maximum atomic E-state index is 13.1. The summed E-state index contributed by atoms with van der Waals surface area (Å²) in [4.78, 5) is 27.6. The Morgan fingerprint density at radius 3 is 2.38 bits per heavy atom. The summed E-state index contributed by atoms with van der Waals surface area (Å²) in [5, 5.41) is 21.3. The molecule has 2 N–H and O–H groups in total. The fourth-order valence-corrected chi connectivity index (χ4v) is 4.08. The number of hydrogen-bond donors (Lipinski definition) is 2. The minimum Gasteiger partial charge on any atom is -0.507 e. The van der Waals surface area contributed by atoms with Gasteiger partial charge in [-0.25, -0.2) is 0 Å². The lowest BCUT2D eigenvalue weighted by atomic mass is 9.95. The Kier molecular flexibility index (Phi) is 8.21. The van der Waals surface area contributed by atoms with Crippen LogP contribution in [0.1, 0.15) is 64.1 Å². The zero-order chi connectivity index (χ0) is 24.8. The highest BCUT2D eigenvalue weighted by Crippen LogP contribution is 2.42. The zero-order valence-electron chi connectivity index (χ0n) is 20.2. The molecular formula is C27H33NO6. The van der Waals surface area contributed by atoms with E-state index < -0.39 is 17.7 Å². The van der Waals surface area contributed by atoms with Crippen LogP contribution < -0.4 is 9.47 Å². The second kappa shape index (κ2) is 11.1.